The second-order valence-electron chi connectivity index (χ2n) is 1.33. The molecule has 0 aromatic heterocycles. The summed E-state index contributed by atoms with van der Waals surface area (Å²) in [6, 6.07) is 0. The summed E-state index contributed by atoms with van der Waals surface area (Å²) in [7, 11) is -4.38. The van der Waals surface area contributed by atoms with Crippen molar-refractivity contribution in [3.05, 3.63) is 0 Å². The predicted molar refractivity (Wildman–Crippen MR) is 30.9 cm³/mol. The number of rotatable bonds is 2. The molecule has 0 saturated heterocycles. The Balaban J connectivity index is 3.94. The Morgan fingerprint density at radius 2 is 2.22 bits per heavy atom. The van der Waals surface area contributed by atoms with Crippen molar-refractivity contribution in [1.82, 2.24) is 0 Å². The molecule has 0 aliphatic carbocycles. The van der Waals surface area contributed by atoms with E-state index in [4.69, 9.17) is 11.0 Å². The fourth-order valence-electron chi connectivity index (χ4n) is 0.210. The quantitative estimate of drug-likeness (QED) is 0.438. The third kappa shape index (κ3) is 5.30. The highest BCUT2D eigenvalue weighted by Crippen LogP contribution is 1.92. The van der Waals surface area contributed by atoms with Crippen molar-refractivity contribution in [3.8, 4) is 12.3 Å². The molecule has 0 aromatic carbocycles. The summed E-state index contributed by atoms with van der Waals surface area (Å²) in [5.41, 5.74) is 0. The first-order valence-corrected chi connectivity index (χ1v) is 3.44. The number of hydrogen-bond donors (Lipinski definition) is 1. The van der Waals surface area contributed by atoms with Crippen molar-refractivity contribution >= 4 is 10.4 Å². The third-order valence-corrected chi connectivity index (χ3v) is 1.03. The molecule has 4 nitrogen and oxygen atoms in total. The van der Waals surface area contributed by atoms with Gasteiger partial charge in [0.25, 0.3) is 0 Å². The molecule has 0 heterocycles. The molecule has 0 aliphatic heterocycles. The van der Waals surface area contributed by atoms with Gasteiger partial charge >= 0.3 is 10.4 Å². The Labute approximate surface area is 53.8 Å². The Bertz CT molecular complexity index is 209. The van der Waals surface area contributed by atoms with E-state index in [0.717, 1.165) is 0 Å². The van der Waals surface area contributed by atoms with Crippen molar-refractivity contribution in [2.75, 3.05) is 0 Å². The van der Waals surface area contributed by atoms with Crippen LogP contribution in [0.2, 0.25) is 0 Å². The fraction of sp³-hybridized carbons (Fsp3) is 0.500. The maximum Gasteiger partial charge on any atom is 0.398 e. The summed E-state index contributed by atoms with van der Waals surface area (Å²) >= 11 is 0. The average molecular weight is 150 g/mol. The number of hydrogen-bond acceptors (Lipinski definition) is 3. The molecule has 5 heteroatoms. The molecule has 9 heavy (non-hydrogen) atoms. The maximum atomic E-state index is 9.84. The van der Waals surface area contributed by atoms with Gasteiger partial charge in [-0.2, -0.15) is 8.42 Å². The van der Waals surface area contributed by atoms with E-state index < -0.39 is 16.5 Å². The van der Waals surface area contributed by atoms with Crippen LogP contribution in [0.25, 0.3) is 0 Å². The standard InChI is InChI=1S/C4H6O4S/c1-3-4(2)8-9(5,6)7/h1,4H,2H3,(H,5,6,7). The second-order valence-corrected chi connectivity index (χ2v) is 2.38. The van der Waals surface area contributed by atoms with Gasteiger partial charge in [0, 0.05) is 0 Å². The number of terminal acetylenes is 1. The minimum Gasteiger partial charge on any atom is -0.263 e. The summed E-state index contributed by atoms with van der Waals surface area (Å²) in [6.45, 7) is 1.33. The van der Waals surface area contributed by atoms with Gasteiger partial charge in [0.2, 0.25) is 0 Å². The summed E-state index contributed by atoms with van der Waals surface area (Å²) in [5.74, 6) is 1.96. The molecule has 1 atom stereocenters. The lowest BCUT2D eigenvalue weighted by Gasteiger charge is -1.99. The zero-order chi connectivity index (χ0) is 7.49. The molecule has 0 radical (unpaired) electrons. The summed E-state index contributed by atoms with van der Waals surface area (Å²) < 4.78 is 31.5. The summed E-state index contributed by atoms with van der Waals surface area (Å²) in [5, 5.41) is 0. The topological polar surface area (TPSA) is 63.6 Å². The van der Waals surface area contributed by atoms with Gasteiger partial charge in [0.05, 0.1) is 0 Å². The molecule has 52 valence electrons. The van der Waals surface area contributed by atoms with E-state index in [2.05, 4.69) is 4.18 Å². The molecular formula is C4H6O4S. The molecule has 0 bridgehead atoms. The maximum absolute atomic E-state index is 9.84. The molecule has 0 spiro atoms. The third-order valence-electron chi connectivity index (χ3n) is 0.501. The van der Waals surface area contributed by atoms with Crippen LogP contribution in [0.15, 0.2) is 0 Å². The Kier molecular flexibility index (Phi) is 2.65. The smallest absolute Gasteiger partial charge is 0.263 e. The van der Waals surface area contributed by atoms with Gasteiger partial charge in [-0.1, -0.05) is 5.92 Å². The lowest BCUT2D eigenvalue weighted by molar-refractivity contribution is 0.241. The van der Waals surface area contributed by atoms with Gasteiger partial charge in [-0.25, -0.2) is 4.18 Å². The van der Waals surface area contributed by atoms with Crippen LogP contribution in [0.3, 0.4) is 0 Å². The van der Waals surface area contributed by atoms with Crippen LogP contribution < -0.4 is 0 Å². The van der Waals surface area contributed by atoms with Crippen LogP contribution in [0.5, 0.6) is 0 Å². The minimum atomic E-state index is -4.38. The Morgan fingerprint density at radius 3 is 2.33 bits per heavy atom. The van der Waals surface area contributed by atoms with Gasteiger partial charge in [-0.3, -0.25) is 4.55 Å². The van der Waals surface area contributed by atoms with E-state index in [9.17, 15) is 8.42 Å². The van der Waals surface area contributed by atoms with Gasteiger partial charge in [0.1, 0.15) is 6.10 Å². The Hall–Kier alpha value is -0.570. The molecule has 0 saturated carbocycles. The van der Waals surface area contributed by atoms with E-state index in [0.29, 0.717) is 0 Å². The van der Waals surface area contributed by atoms with Gasteiger partial charge in [0.15, 0.2) is 0 Å². The fourth-order valence-corrected chi connectivity index (χ4v) is 0.631. The van der Waals surface area contributed by atoms with Crippen molar-refractivity contribution in [3.63, 3.8) is 0 Å². The van der Waals surface area contributed by atoms with Crippen LogP contribution in [0, 0.1) is 12.3 Å². The molecule has 0 rings (SSSR count). The first-order chi connectivity index (χ1) is 3.95. The molecule has 1 N–H and O–H groups in total. The van der Waals surface area contributed by atoms with Crippen LogP contribution in [-0.2, 0) is 14.6 Å². The zero-order valence-electron chi connectivity index (χ0n) is 4.73. The van der Waals surface area contributed by atoms with E-state index in [1.165, 1.54) is 6.92 Å². The molecule has 0 aromatic rings. The van der Waals surface area contributed by atoms with E-state index >= 15 is 0 Å². The van der Waals surface area contributed by atoms with Crippen LogP contribution >= 0.6 is 0 Å². The average Bonchev–Trinajstić information content (AvgIpc) is 1.62. The second kappa shape index (κ2) is 2.82. The highest BCUT2D eigenvalue weighted by molar-refractivity contribution is 7.80. The first kappa shape index (κ1) is 8.43. The minimum absolute atomic E-state index is 0.917. The first-order valence-electron chi connectivity index (χ1n) is 2.07. The predicted octanol–water partition coefficient (Wildman–Crippen LogP) is -0.173. The normalized spacial score (nSPS) is 14.3. The van der Waals surface area contributed by atoms with Crippen molar-refractivity contribution in [2.45, 2.75) is 13.0 Å². The van der Waals surface area contributed by atoms with Gasteiger partial charge in [-0.05, 0) is 6.92 Å². The SMILES string of the molecule is C#CC(C)OS(=O)(=O)O. The van der Waals surface area contributed by atoms with Crippen LogP contribution in [-0.4, -0.2) is 19.1 Å². The molecule has 0 amide bonds. The summed E-state index contributed by atoms with van der Waals surface area (Å²) in [6.07, 6.45) is 3.81. The van der Waals surface area contributed by atoms with E-state index in [1.807, 2.05) is 5.92 Å². The Morgan fingerprint density at radius 1 is 1.78 bits per heavy atom. The molecular weight excluding hydrogens is 144 g/mol. The molecule has 0 aliphatic rings. The lowest BCUT2D eigenvalue weighted by Crippen LogP contribution is -2.11. The highest BCUT2D eigenvalue weighted by Gasteiger charge is 2.07. The summed E-state index contributed by atoms with van der Waals surface area (Å²) in [4.78, 5) is 0. The molecule has 0 fully saturated rings. The van der Waals surface area contributed by atoms with Gasteiger partial charge < -0.3 is 0 Å². The van der Waals surface area contributed by atoms with Crippen molar-refractivity contribution in [2.24, 2.45) is 0 Å². The monoisotopic (exact) mass is 150 g/mol. The van der Waals surface area contributed by atoms with Crippen molar-refractivity contribution < 1.29 is 17.2 Å². The molecule has 1 unspecified atom stereocenters. The van der Waals surface area contributed by atoms with Crippen LogP contribution in [0.1, 0.15) is 6.92 Å². The highest BCUT2D eigenvalue weighted by atomic mass is 32.3. The largest absolute Gasteiger partial charge is 0.398 e. The van der Waals surface area contributed by atoms with Crippen molar-refractivity contribution in [1.29, 1.82) is 0 Å². The zero-order valence-corrected chi connectivity index (χ0v) is 5.55. The van der Waals surface area contributed by atoms with E-state index in [1.54, 1.807) is 0 Å². The van der Waals surface area contributed by atoms with E-state index in [-0.39, 0.29) is 0 Å². The lowest BCUT2D eigenvalue weighted by atomic mass is 10.4. The van der Waals surface area contributed by atoms with Crippen LogP contribution in [0.4, 0.5) is 0 Å². The van der Waals surface area contributed by atoms with Gasteiger partial charge in [-0.15, -0.1) is 6.42 Å².